The molecular formula is C34H58N2O6-2. The second-order valence-corrected chi connectivity index (χ2v) is 16.7. The molecular weight excluding hydrogens is 532 g/mol. The minimum absolute atomic E-state index is 0.165. The van der Waals surface area contributed by atoms with Crippen LogP contribution < -0.4 is 10.2 Å². The molecule has 0 unspecified atom stereocenters. The van der Waals surface area contributed by atoms with Gasteiger partial charge in [-0.3, -0.25) is 9.68 Å². The van der Waals surface area contributed by atoms with Crippen LogP contribution in [0.3, 0.4) is 0 Å². The summed E-state index contributed by atoms with van der Waals surface area (Å²) in [5.74, 6) is -3.42. The number of carbonyl (C=O) groups excluding carboxylic acids is 2. The Morgan fingerprint density at radius 1 is 0.619 bits per heavy atom. The van der Waals surface area contributed by atoms with Gasteiger partial charge in [-0.2, -0.15) is 10.1 Å². The molecule has 0 aromatic heterocycles. The molecule has 0 aromatic rings. The van der Waals surface area contributed by atoms with Crippen molar-refractivity contribution >= 4 is 11.9 Å². The average molecular weight is 591 g/mol. The van der Waals surface area contributed by atoms with Crippen LogP contribution in [-0.2, 0) is 19.3 Å². The third kappa shape index (κ3) is 6.87. The number of rotatable bonds is 9. The third-order valence-electron chi connectivity index (χ3n) is 11.1. The number of piperidine rings is 2. The van der Waals surface area contributed by atoms with E-state index in [1.54, 1.807) is 0 Å². The zero-order valence-corrected chi connectivity index (χ0v) is 27.8. The van der Waals surface area contributed by atoms with Gasteiger partial charge in [-0.15, -0.1) is 0 Å². The number of carboxylic acids is 2. The lowest BCUT2D eigenvalue weighted by Crippen LogP contribution is -2.69. The molecule has 8 heteroatoms. The molecule has 42 heavy (non-hydrogen) atoms. The zero-order chi connectivity index (χ0) is 31.1. The lowest BCUT2D eigenvalue weighted by molar-refractivity contribution is -0.355. The molecule has 0 radical (unpaired) electrons. The number of nitrogens with zero attached hydrogens (tertiary/aromatic N) is 2. The highest BCUT2D eigenvalue weighted by atomic mass is 16.7. The van der Waals surface area contributed by atoms with Gasteiger partial charge in [0, 0.05) is 39.5 Å². The van der Waals surface area contributed by atoms with Crippen LogP contribution in [0.5, 0.6) is 0 Å². The molecule has 0 bridgehead atoms. The topological polar surface area (TPSA) is 105 Å². The number of carboxylic acid groups (broad SMARTS) is 2. The van der Waals surface area contributed by atoms with Gasteiger partial charge in [0.1, 0.15) is 0 Å². The predicted octanol–water partition coefficient (Wildman–Crippen LogP) is 4.93. The van der Waals surface area contributed by atoms with Crippen LogP contribution in [0.2, 0.25) is 0 Å². The van der Waals surface area contributed by atoms with E-state index >= 15 is 0 Å². The van der Waals surface area contributed by atoms with E-state index in [1.165, 1.54) is 12.8 Å². The Morgan fingerprint density at radius 2 is 0.929 bits per heavy atom. The highest BCUT2D eigenvalue weighted by Crippen LogP contribution is 2.58. The molecule has 4 rings (SSSR count). The van der Waals surface area contributed by atoms with E-state index in [2.05, 4.69) is 65.5 Å². The molecule has 2 heterocycles. The van der Waals surface area contributed by atoms with Crippen molar-refractivity contribution in [2.45, 2.75) is 186 Å². The second-order valence-electron chi connectivity index (χ2n) is 16.7. The van der Waals surface area contributed by atoms with E-state index in [-0.39, 0.29) is 12.2 Å². The summed E-state index contributed by atoms with van der Waals surface area (Å²) in [7, 11) is 0. The van der Waals surface area contributed by atoms with E-state index < -0.39 is 57.8 Å². The average Bonchev–Trinajstić information content (AvgIpc) is 2.87. The fourth-order valence-corrected chi connectivity index (χ4v) is 9.73. The summed E-state index contributed by atoms with van der Waals surface area (Å²) < 4.78 is 0. The highest BCUT2D eigenvalue weighted by molar-refractivity contribution is 5.80. The Labute approximate surface area is 254 Å². The largest absolute Gasteiger partial charge is 0.550 e. The summed E-state index contributed by atoms with van der Waals surface area (Å²) >= 11 is 0. The van der Waals surface area contributed by atoms with Crippen LogP contribution in [0.4, 0.5) is 0 Å². The molecule has 4 fully saturated rings. The lowest BCUT2D eigenvalue weighted by Gasteiger charge is -2.63. The van der Waals surface area contributed by atoms with Gasteiger partial charge < -0.3 is 19.8 Å². The van der Waals surface area contributed by atoms with Crippen molar-refractivity contribution in [1.82, 2.24) is 10.1 Å². The molecule has 4 aliphatic rings. The molecule has 242 valence electrons. The van der Waals surface area contributed by atoms with Crippen LogP contribution in [0.1, 0.15) is 152 Å². The van der Waals surface area contributed by atoms with E-state index in [9.17, 15) is 19.8 Å². The Hall–Kier alpha value is -1.22. The summed E-state index contributed by atoms with van der Waals surface area (Å²) in [6.07, 6.45) is 13.1. The number of hydrogen-bond donors (Lipinski definition) is 0. The number of aliphatic carboxylic acids is 2. The third-order valence-corrected chi connectivity index (χ3v) is 11.1. The number of hydroxylamine groups is 4. The standard InChI is InChI=1S/C34H60N2O6/c1-30(2)19-24(20-31(3,4)35(30)41-26-15-11-9-12-16-26)34(29(39)40,23-28(37)38)25-21-32(5,6)36(33(7,8)22-25)42-27-17-13-10-14-18-27/h24-27H,9-23H2,1-8H3,(H,37,38)(H,39,40)/p-2. The Morgan fingerprint density at radius 3 is 1.19 bits per heavy atom. The fourth-order valence-electron chi connectivity index (χ4n) is 9.73. The minimum Gasteiger partial charge on any atom is -0.550 e. The highest BCUT2D eigenvalue weighted by Gasteiger charge is 2.60. The monoisotopic (exact) mass is 590 g/mol. The minimum atomic E-state index is -1.57. The van der Waals surface area contributed by atoms with Crippen LogP contribution >= 0.6 is 0 Å². The Kier molecular flexibility index (Phi) is 9.85. The molecule has 0 spiro atoms. The summed E-state index contributed by atoms with van der Waals surface area (Å²) in [5.41, 5.74) is -3.55. The Balaban J connectivity index is 1.67. The van der Waals surface area contributed by atoms with Crippen LogP contribution in [0, 0.1) is 17.3 Å². The molecule has 0 amide bonds. The predicted molar refractivity (Wildman–Crippen MR) is 158 cm³/mol. The maximum atomic E-state index is 13.5. The first-order chi connectivity index (χ1) is 19.4. The van der Waals surface area contributed by atoms with Gasteiger partial charge in [-0.25, -0.2) is 0 Å². The molecule has 2 saturated heterocycles. The normalized spacial score (nSPS) is 28.5. The summed E-state index contributed by atoms with van der Waals surface area (Å²) in [6.45, 7) is 16.9. The molecule has 0 aromatic carbocycles. The Bertz CT molecular complexity index is 867. The number of hydrogen-bond acceptors (Lipinski definition) is 8. The van der Waals surface area contributed by atoms with Crippen LogP contribution in [0.25, 0.3) is 0 Å². The fraction of sp³-hybridized carbons (Fsp3) is 0.941. The zero-order valence-electron chi connectivity index (χ0n) is 27.8. The van der Waals surface area contributed by atoms with Crippen molar-refractivity contribution in [2.24, 2.45) is 17.3 Å². The van der Waals surface area contributed by atoms with Crippen molar-refractivity contribution in [3.63, 3.8) is 0 Å². The molecule has 8 nitrogen and oxygen atoms in total. The van der Waals surface area contributed by atoms with Gasteiger partial charge in [0.25, 0.3) is 0 Å². The first kappa shape index (κ1) is 33.7. The lowest BCUT2D eigenvalue weighted by atomic mass is 9.53. The molecule has 0 atom stereocenters. The van der Waals surface area contributed by atoms with Crippen molar-refractivity contribution in [2.75, 3.05) is 0 Å². The maximum absolute atomic E-state index is 13.5. The van der Waals surface area contributed by atoms with Crippen LogP contribution in [0.15, 0.2) is 0 Å². The first-order valence-electron chi connectivity index (χ1n) is 16.8. The van der Waals surface area contributed by atoms with Crippen molar-refractivity contribution < 1.29 is 29.5 Å². The molecule has 2 saturated carbocycles. The van der Waals surface area contributed by atoms with Gasteiger partial charge in [0.2, 0.25) is 0 Å². The van der Waals surface area contributed by atoms with Crippen molar-refractivity contribution in [3.8, 4) is 0 Å². The van der Waals surface area contributed by atoms with E-state index in [0.717, 1.165) is 51.4 Å². The van der Waals surface area contributed by atoms with Gasteiger partial charge >= 0.3 is 0 Å². The summed E-state index contributed by atoms with van der Waals surface area (Å²) in [5, 5.41) is 30.2. The van der Waals surface area contributed by atoms with E-state index in [0.29, 0.717) is 25.7 Å². The van der Waals surface area contributed by atoms with E-state index in [1.807, 2.05) is 0 Å². The first-order valence-corrected chi connectivity index (χ1v) is 16.8. The van der Waals surface area contributed by atoms with Crippen LogP contribution in [-0.4, -0.2) is 56.4 Å². The molecule has 0 N–H and O–H groups in total. The van der Waals surface area contributed by atoms with Gasteiger partial charge in [0.05, 0.1) is 12.2 Å². The van der Waals surface area contributed by atoms with Crippen molar-refractivity contribution in [1.29, 1.82) is 0 Å². The quantitative estimate of drug-likeness (QED) is 0.372. The van der Waals surface area contributed by atoms with E-state index in [4.69, 9.17) is 9.68 Å². The van der Waals surface area contributed by atoms with Gasteiger partial charge in [0.15, 0.2) is 0 Å². The SMILES string of the molecule is CC1(C)CC(C(CC(=O)[O-])(C(=O)[O-])C2CC(C)(C)N(OC3CCCCC3)C(C)(C)C2)CC(C)(C)N1OC1CCCCC1. The maximum Gasteiger partial charge on any atom is 0.0793 e. The summed E-state index contributed by atoms with van der Waals surface area (Å²) in [6, 6.07) is 0. The van der Waals surface area contributed by atoms with Gasteiger partial charge in [-0.1, -0.05) is 38.5 Å². The molecule has 2 aliphatic heterocycles. The molecule has 2 aliphatic carbocycles. The second kappa shape index (κ2) is 12.3. The number of carbonyl (C=O) groups is 2. The van der Waals surface area contributed by atoms with Gasteiger partial charge in [-0.05, 0) is 125 Å². The van der Waals surface area contributed by atoms with Crippen molar-refractivity contribution in [3.05, 3.63) is 0 Å². The summed E-state index contributed by atoms with van der Waals surface area (Å²) in [4.78, 5) is 39.3. The smallest absolute Gasteiger partial charge is 0.0793 e.